The molecule has 0 amide bonds. The predicted molar refractivity (Wildman–Crippen MR) is 57.3 cm³/mol. The van der Waals surface area contributed by atoms with Gasteiger partial charge in [-0.15, -0.1) is 0 Å². The highest BCUT2D eigenvalue weighted by Crippen LogP contribution is 2.22. The van der Waals surface area contributed by atoms with Crippen molar-refractivity contribution in [2.75, 3.05) is 6.61 Å². The van der Waals surface area contributed by atoms with Crippen LogP contribution in [0.4, 0.5) is 0 Å². The van der Waals surface area contributed by atoms with E-state index in [0.29, 0.717) is 5.76 Å². The van der Waals surface area contributed by atoms with Gasteiger partial charge in [-0.1, -0.05) is 0 Å². The van der Waals surface area contributed by atoms with Crippen molar-refractivity contribution >= 4 is 0 Å². The highest BCUT2D eigenvalue weighted by Gasteiger charge is 2.44. The van der Waals surface area contributed by atoms with E-state index in [1.165, 1.54) is 6.26 Å². The van der Waals surface area contributed by atoms with E-state index in [-0.39, 0.29) is 6.61 Å². The number of aliphatic hydroxyl groups is 4. The summed E-state index contributed by atoms with van der Waals surface area (Å²) in [4.78, 5) is 0. The first kappa shape index (κ1) is 13.5. The van der Waals surface area contributed by atoms with E-state index < -0.39 is 37.3 Å². The molecule has 1 saturated heterocycles. The van der Waals surface area contributed by atoms with Gasteiger partial charge in [-0.25, -0.2) is 0 Å². The standard InChI is InChI=1S/C11H16O7/c12-4-7-8(13)9(14)10(15)11(18-7)17-5-6-2-1-3-16-6/h1-3,7-15H,4-5H2/t7-,8+,9+,10-,11?/m1/s1. The summed E-state index contributed by atoms with van der Waals surface area (Å²) in [6.07, 6.45) is -4.83. The topological polar surface area (TPSA) is 113 Å². The van der Waals surface area contributed by atoms with E-state index in [9.17, 15) is 15.3 Å². The molecule has 7 nitrogen and oxygen atoms in total. The SMILES string of the molecule is OC[C@H]1OC(OCc2ccco2)[C@H](O)[C@@H](O)[C@H]1O. The Bertz CT molecular complexity index is 350. The van der Waals surface area contributed by atoms with Gasteiger partial charge in [0.1, 0.15) is 36.8 Å². The molecule has 4 N–H and O–H groups in total. The van der Waals surface area contributed by atoms with Gasteiger partial charge in [-0.05, 0) is 12.1 Å². The number of rotatable bonds is 4. The first-order valence-corrected chi connectivity index (χ1v) is 5.58. The van der Waals surface area contributed by atoms with Crippen molar-refractivity contribution in [3.05, 3.63) is 24.2 Å². The largest absolute Gasteiger partial charge is 0.467 e. The van der Waals surface area contributed by atoms with Crippen LogP contribution < -0.4 is 0 Å². The molecule has 7 heteroatoms. The van der Waals surface area contributed by atoms with Crippen LogP contribution in [0.1, 0.15) is 5.76 Å². The average molecular weight is 260 g/mol. The maximum Gasteiger partial charge on any atom is 0.187 e. The summed E-state index contributed by atoms with van der Waals surface area (Å²) in [5, 5.41) is 37.8. The van der Waals surface area contributed by atoms with Crippen molar-refractivity contribution in [1.29, 1.82) is 0 Å². The highest BCUT2D eigenvalue weighted by molar-refractivity contribution is 4.96. The minimum atomic E-state index is -1.43. The molecular formula is C11H16O7. The van der Waals surface area contributed by atoms with Crippen LogP contribution >= 0.6 is 0 Å². The van der Waals surface area contributed by atoms with Crippen LogP contribution in [-0.4, -0.2) is 57.7 Å². The van der Waals surface area contributed by atoms with Crippen LogP contribution in [0.3, 0.4) is 0 Å². The second kappa shape index (κ2) is 5.79. The van der Waals surface area contributed by atoms with Crippen LogP contribution in [0.2, 0.25) is 0 Å². The lowest BCUT2D eigenvalue weighted by atomic mass is 9.99. The zero-order valence-corrected chi connectivity index (χ0v) is 9.55. The lowest BCUT2D eigenvalue weighted by molar-refractivity contribution is -0.304. The second-order valence-corrected chi connectivity index (χ2v) is 4.09. The van der Waals surface area contributed by atoms with E-state index >= 15 is 0 Å². The molecule has 2 heterocycles. The summed E-state index contributed by atoms with van der Waals surface area (Å²) < 4.78 is 15.4. The molecule has 5 atom stereocenters. The summed E-state index contributed by atoms with van der Waals surface area (Å²) >= 11 is 0. The van der Waals surface area contributed by atoms with Gasteiger partial charge in [-0.2, -0.15) is 0 Å². The van der Waals surface area contributed by atoms with E-state index in [1.54, 1.807) is 12.1 Å². The summed E-state index contributed by atoms with van der Waals surface area (Å²) in [5.74, 6) is 0.534. The number of furan rings is 1. The fourth-order valence-electron chi connectivity index (χ4n) is 1.76. The molecule has 1 unspecified atom stereocenters. The Morgan fingerprint density at radius 2 is 1.94 bits per heavy atom. The van der Waals surface area contributed by atoms with Crippen molar-refractivity contribution in [2.45, 2.75) is 37.3 Å². The zero-order valence-electron chi connectivity index (χ0n) is 9.55. The molecule has 0 radical (unpaired) electrons. The smallest absolute Gasteiger partial charge is 0.187 e. The van der Waals surface area contributed by atoms with E-state index in [2.05, 4.69) is 0 Å². The van der Waals surface area contributed by atoms with Crippen LogP contribution in [0.5, 0.6) is 0 Å². The Labute approximate surface area is 103 Å². The summed E-state index contributed by atoms with van der Waals surface area (Å²) in [6, 6.07) is 3.37. The highest BCUT2D eigenvalue weighted by atomic mass is 16.7. The fourth-order valence-corrected chi connectivity index (χ4v) is 1.76. The number of hydrogen-bond acceptors (Lipinski definition) is 7. The second-order valence-electron chi connectivity index (χ2n) is 4.09. The third-order valence-electron chi connectivity index (χ3n) is 2.82. The Balaban J connectivity index is 1.94. The first-order chi connectivity index (χ1) is 8.63. The molecule has 2 rings (SSSR count). The van der Waals surface area contributed by atoms with Gasteiger partial charge in [0.2, 0.25) is 0 Å². The van der Waals surface area contributed by atoms with Crippen LogP contribution in [0.15, 0.2) is 22.8 Å². The van der Waals surface area contributed by atoms with E-state index in [0.717, 1.165) is 0 Å². The molecule has 0 aromatic carbocycles. The van der Waals surface area contributed by atoms with Gasteiger partial charge >= 0.3 is 0 Å². The maximum atomic E-state index is 9.68. The Morgan fingerprint density at radius 1 is 1.17 bits per heavy atom. The average Bonchev–Trinajstić information content (AvgIpc) is 2.88. The molecule has 1 aliphatic heterocycles. The molecule has 0 bridgehead atoms. The molecule has 1 aromatic rings. The van der Waals surface area contributed by atoms with Crippen molar-refractivity contribution < 1.29 is 34.3 Å². The van der Waals surface area contributed by atoms with Gasteiger partial charge in [0.15, 0.2) is 6.29 Å². The lowest BCUT2D eigenvalue weighted by Gasteiger charge is -2.39. The molecule has 1 aromatic heterocycles. The third kappa shape index (κ3) is 2.72. The van der Waals surface area contributed by atoms with Crippen molar-refractivity contribution in [3.63, 3.8) is 0 Å². The zero-order chi connectivity index (χ0) is 13.1. The van der Waals surface area contributed by atoms with Gasteiger partial charge in [0.25, 0.3) is 0 Å². The first-order valence-electron chi connectivity index (χ1n) is 5.58. The number of hydrogen-bond donors (Lipinski definition) is 4. The minimum absolute atomic E-state index is 0.0513. The Kier molecular flexibility index (Phi) is 4.33. The van der Waals surface area contributed by atoms with E-state index in [1.807, 2.05) is 0 Å². The van der Waals surface area contributed by atoms with Crippen LogP contribution in [-0.2, 0) is 16.1 Å². The molecule has 102 valence electrons. The predicted octanol–water partition coefficient (Wildman–Crippen LogP) is -1.40. The van der Waals surface area contributed by atoms with Crippen molar-refractivity contribution in [3.8, 4) is 0 Å². The molecule has 0 aliphatic carbocycles. The minimum Gasteiger partial charge on any atom is -0.467 e. The summed E-state index contributed by atoms with van der Waals surface area (Å²) in [5.41, 5.74) is 0. The lowest BCUT2D eigenvalue weighted by Crippen LogP contribution is -2.59. The van der Waals surface area contributed by atoms with Crippen LogP contribution in [0, 0.1) is 0 Å². The number of ether oxygens (including phenoxy) is 2. The van der Waals surface area contributed by atoms with Gasteiger partial charge in [-0.3, -0.25) is 0 Å². The molecule has 0 spiro atoms. The molecular weight excluding hydrogens is 244 g/mol. The fraction of sp³-hybridized carbons (Fsp3) is 0.636. The Hall–Kier alpha value is -0.960. The monoisotopic (exact) mass is 260 g/mol. The molecule has 18 heavy (non-hydrogen) atoms. The summed E-state index contributed by atoms with van der Waals surface area (Å²) in [7, 11) is 0. The van der Waals surface area contributed by atoms with Gasteiger partial charge in [0.05, 0.1) is 12.9 Å². The molecule has 1 aliphatic rings. The van der Waals surface area contributed by atoms with Crippen molar-refractivity contribution in [1.82, 2.24) is 0 Å². The Morgan fingerprint density at radius 3 is 2.56 bits per heavy atom. The number of aliphatic hydroxyl groups excluding tert-OH is 4. The van der Waals surface area contributed by atoms with Crippen molar-refractivity contribution in [2.24, 2.45) is 0 Å². The quantitative estimate of drug-likeness (QED) is 0.526. The molecule has 1 fully saturated rings. The van der Waals surface area contributed by atoms with Crippen LogP contribution in [0.25, 0.3) is 0 Å². The third-order valence-corrected chi connectivity index (χ3v) is 2.82. The normalized spacial score (nSPS) is 36.8. The maximum absolute atomic E-state index is 9.68. The molecule has 0 saturated carbocycles. The van der Waals surface area contributed by atoms with Gasteiger partial charge in [0, 0.05) is 0 Å². The summed E-state index contributed by atoms with van der Waals surface area (Å²) in [6.45, 7) is -0.429. The van der Waals surface area contributed by atoms with E-state index in [4.69, 9.17) is 19.0 Å². The van der Waals surface area contributed by atoms with Gasteiger partial charge < -0.3 is 34.3 Å².